The Morgan fingerprint density at radius 2 is 1.52 bits per heavy atom. The van der Waals surface area contributed by atoms with Crippen LogP contribution in [0.15, 0.2) is 33.6 Å². The van der Waals surface area contributed by atoms with E-state index in [9.17, 15) is 8.42 Å². The van der Waals surface area contributed by atoms with Crippen molar-refractivity contribution in [3.63, 3.8) is 0 Å². The summed E-state index contributed by atoms with van der Waals surface area (Å²) in [4.78, 5) is 4.93. The first kappa shape index (κ1) is 16.9. The maximum atomic E-state index is 12.3. The van der Waals surface area contributed by atoms with E-state index in [2.05, 4.69) is 25.7 Å². The van der Waals surface area contributed by atoms with Crippen LogP contribution in [0.25, 0.3) is 0 Å². The van der Waals surface area contributed by atoms with Crippen molar-refractivity contribution in [1.82, 2.24) is 9.80 Å². The molecule has 1 aliphatic rings. The van der Waals surface area contributed by atoms with Crippen LogP contribution in [0.1, 0.15) is 0 Å². The van der Waals surface area contributed by atoms with Gasteiger partial charge in [0.1, 0.15) is 0 Å². The summed E-state index contributed by atoms with van der Waals surface area (Å²) in [6.45, 7) is 5.95. The van der Waals surface area contributed by atoms with Crippen LogP contribution >= 0.6 is 15.9 Å². The van der Waals surface area contributed by atoms with Gasteiger partial charge in [-0.05, 0) is 24.3 Å². The lowest BCUT2D eigenvalue weighted by Crippen LogP contribution is -2.48. The average Bonchev–Trinajstić information content (AvgIpc) is 2.47. The number of hydrogen-bond acceptors (Lipinski definition) is 5. The topological polar surface area (TPSA) is 66.6 Å². The fourth-order valence-corrected chi connectivity index (χ4v) is 3.98. The van der Waals surface area contributed by atoms with E-state index in [0.717, 1.165) is 37.2 Å². The summed E-state index contributed by atoms with van der Waals surface area (Å²) in [5.74, 6) is 0.172. The molecule has 1 heterocycles. The van der Waals surface area contributed by atoms with E-state index >= 15 is 0 Å². The van der Waals surface area contributed by atoms with Crippen molar-refractivity contribution < 1.29 is 8.42 Å². The summed E-state index contributed by atoms with van der Waals surface area (Å²) in [6.07, 6.45) is 0. The molecule has 1 aromatic rings. The molecule has 5 nitrogen and oxygen atoms in total. The molecule has 118 valence electrons. The largest absolute Gasteiger partial charge is 0.329 e. The Labute approximate surface area is 135 Å². The number of halogens is 1. The molecule has 2 rings (SSSR count). The van der Waals surface area contributed by atoms with E-state index in [1.165, 1.54) is 0 Å². The second kappa shape index (κ2) is 7.69. The molecule has 0 aromatic heterocycles. The Morgan fingerprint density at radius 3 is 2.05 bits per heavy atom. The molecule has 0 spiro atoms. The summed E-state index contributed by atoms with van der Waals surface area (Å²) in [5.41, 5.74) is 5.55. The fourth-order valence-electron chi connectivity index (χ4n) is 2.43. The van der Waals surface area contributed by atoms with E-state index in [1.807, 2.05) is 0 Å². The standard InChI is InChI=1S/C14H22BrN3O2S/c15-13-1-3-14(4-2-13)21(19,20)12-11-18-9-7-17(6-5-16)8-10-18/h1-4H,5-12,16H2. The van der Waals surface area contributed by atoms with E-state index in [0.29, 0.717) is 18.0 Å². The Kier molecular flexibility index (Phi) is 6.19. The van der Waals surface area contributed by atoms with Crippen LogP contribution < -0.4 is 5.73 Å². The summed E-state index contributed by atoms with van der Waals surface area (Å²) in [7, 11) is -3.20. The fraction of sp³-hybridized carbons (Fsp3) is 0.571. The summed E-state index contributed by atoms with van der Waals surface area (Å²) < 4.78 is 25.5. The van der Waals surface area contributed by atoms with Gasteiger partial charge in [-0.1, -0.05) is 15.9 Å². The molecule has 21 heavy (non-hydrogen) atoms. The number of nitrogens with zero attached hydrogens (tertiary/aromatic N) is 2. The van der Waals surface area contributed by atoms with E-state index < -0.39 is 9.84 Å². The molecule has 1 saturated heterocycles. The Balaban J connectivity index is 1.84. The molecule has 1 aliphatic heterocycles. The minimum Gasteiger partial charge on any atom is -0.329 e. The van der Waals surface area contributed by atoms with Gasteiger partial charge in [-0.2, -0.15) is 0 Å². The molecule has 0 amide bonds. The predicted molar refractivity (Wildman–Crippen MR) is 88.1 cm³/mol. The molecule has 0 radical (unpaired) electrons. The molecule has 0 aliphatic carbocycles. The Bertz CT molecular complexity index is 540. The van der Waals surface area contributed by atoms with Gasteiger partial charge in [0.2, 0.25) is 0 Å². The number of hydrogen-bond donors (Lipinski definition) is 1. The van der Waals surface area contributed by atoms with Gasteiger partial charge in [-0.3, -0.25) is 9.80 Å². The van der Waals surface area contributed by atoms with Crippen LogP contribution in [-0.4, -0.2) is 69.8 Å². The number of benzene rings is 1. The third-order valence-electron chi connectivity index (χ3n) is 3.76. The third kappa shape index (κ3) is 5.03. The molecule has 1 aromatic carbocycles. The van der Waals surface area contributed by atoms with Gasteiger partial charge in [0.05, 0.1) is 10.6 Å². The first-order valence-corrected chi connectivity index (χ1v) is 9.59. The summed E-state index contributed by atoms with van der Waals surface area (Å²) >= 11 is 3.32. The van der Waals surface area contributed by atoms with Gasteiger partial charge in [-0.15, -0.1) is 0 Å². The number of piperazine rings is 1. The zero-order chi connectivity index (χ0) is 15.3. The molecule has 0 saturated carbocycles. The molecule has 7 heteroatoms. The number of nitrogens with two attached hydrogens (primary N) is 1. The van der Waals surface area contributed by atoms with Crippen molar-refractivity contribution in [2.24, 2.45) is 5.73 Å². The van der Waals surface area contributed by atoms with Gasteiger partial charge in [0, 0.05) is 50.3 Å². The third-order valence-corrected chi connectivity index (χ3v) is 6.00. The highest BCUT2D eigenvalue weighted by atomic mass is 79.9. The lowest BCUT2D eigenvalue weighted by atomic mass is 10.3. The zero-order valence-electron chi connectivity index (χ0n) is 12.0. The highest BCUT2D eigenvalue weighted by molar-refractivity contribution is 9.10. The average molecular weight is 376 g/mol. The number of rotatable bonds is 6. The van der Waals surface area contributed by atoms with E-state index in [4.69, 9.17) is 5.73 Å². The smallest absolute Gasteiger partial charge is 0.179 e. The van der Waals surface area contributed by atoms with Crippen LogP contribution in [0, 0.1) is 0 Å². The first-order valence-electron chi connectivity index (χ1n) is 7.14. The van der Waals surface area contributed by atoms with Crippen LogP contribution in [0.5, 0.6) is 0 Å². The van der Waals surface area contributed by atoms with Crippen LogP contribution in [0.3, 0.4) is 0 Å². The second-order valence-electron chi connectivity index (χ2n) is 5.24. The van der Waals surface area contributed by atoms with Crippen molar-refractivity contribution in [2.45, 2.75) is 4.90 Å². The molecular formula is C14H22BrN3O2S. The molecule has 0 unspecified atom stereocenters. The highest BCUT2D eigenvalue weighted by Gasteiger charge is 2.20. The van der Waals surface area contributed by atoms with E-state index in [-0.39, 0.29) is 5.75 Å². The maximum absolute atomic E-state index is 12.3. The maximum Gasteiger partial charge on any atom is 0.179 e. The Morgan fingerprint density at radius 1 is 1.00 bits per heavy atom. The van der Waals surface area contributed by atoms with Crippen LogP contribution in [-0.2, 0) is 9.84 Å². The zero-order valence-corrected chi connectivity index (χ0v) is 14.4. The SMILES string of the molecule is NCCN1CCN(CCS(=O)(=O)c2ccc(Br)cc2)CC1. The summed E-state index contributed by atoms with van der Waals surface area (Å²) in [5, 5.41) is 0. The van der Waals surface area contributed by atoms with Gasteiger partial charge >= 0.3 is 0 Å². The minimum absolute atomic E-state index is 0.172. The van der Waals surface area contributed by atoms with Gasteiger partial charge in [-0.25, -0.2) is 8.42 Å². The quantitative estimate of drug-likeness (QED) is 0.796. The minimum atomic E-state index is -3.20. The summed E-state index contributed by atoms with van der Waals surface area (Å²) in [6, 6.07) is 6.83. The van der Waals surface area contributed by atoms with Crippen molar-refractivity contribution in [3.05, 3.63) is 28.7 Å². The van der Waals surface area contributed by atoms with Crippen molar-refractivity contribution in [1.29, 1.82) is 0 Å². The Hall–Kier alpha value is -0.470. The first-order chi connectivity index (χ1) is 10.0. The monoisotopic (exact) mass is 375 g/mol. The van der Waals surface area contributed by atoms with E-state index in [1.54, 1.807) is 24.3 Å². The van der Waals surface area contributed by atoms with Crippen LogP contribution in [0.2, 0.25) is 0 Å². The molecular weight excluding hydrogens is 354 g/mol. The van der Waals surface area contributed by atoms with Crippen LogP contribution in [0.4, 0.5) is 0 Å². The lowest BCUT2D eigenvalue weighted by molar-refractivity contribution is 0.141. The van der Waals surface area contributed by atoms with Crippen molar-refractivity contribution in [3.8, 4) is 0 Å². The van der Waals surface area contributed by atoms with Gasteiger partial charge in [0.15, 0.2) is 9.84 Å². The number of sulfone groups is 1. The van der Waals surface area contributed by atoms with Gasteiger partial charge < -0.3 is 5.73 Å². The predicted octanol–water partition coefficient (Wildman–Crippen LogP) is 0.799. The normalized spacial score (nSPS) is 18.0. The van der Waals surface area contributed by atoms with Crippen molar-refractivity contribution >= 4 is 25.8 Å². The molecule has 0 atom stereocenters. The molecule has 2 N–H and O–H groups in total. The van der Waals surface area contributed by atoms with Crippen molar-refractivity contribution in [2.75, 3.05) is 51.6 Å². The highest BCUT2D eigenvalue weighted by Crippen LogP contribution is 2.16. The lowest BCUT2D eigenvalue weighted by Gasteiger charge is -2.34. The second-order valence-corrected chi connectivity index (χ2v) is 8.27. The molecule has 0 bridgehead atoms. The molecule has 1 fully saturated rings. The van der Waals surface area contributed by atoms with Gasteiger partial charge in [0.25, 0.3) is 0 Å².